The molecular weight excluding hydrogens is 292 g/mol. The minimum atomic E-state index is -3.15. The van der Waals surface area contributed by atoms with Crippen LogP contribution in [0.3, 0.4) is 0 Å². The zero-order chi connectivity index (χ0) is 15.7. The SMILES string of the molecule is CS(=O)(=O)NCCCNC(C/C(N)=N/O)c1ccccc1. The fourth-order valence-corrected chi connectivity index (χ4v) is 2.38. The highest BCUT2D eigenvalue weighted by Gasteiger charge is 2.12. The van der Waals surface area contributed by atoms with Gasteiger partial charge in [0.05, 0.1) is 6.26 Å². The molecule has 7 nitrogen and oxygen atoms in total. The molecule has 0 aliphatic rings. The molecule has 0 aliphatic carbocycles. The van der Waals surface area contributed by atoms with Crippen molar-refractivity contribution in [2.75, 3.05) is 19.3 Å². The molecule has 0 aliphatic heterocycles. The van der Waals surface area contributed by atoms with E-state index in [-0.39, 0.29) is 11.9 Å². The van der Waals surface area contributed by atoms with Gasteiger partial charge in [-0.05, 0) is 18.5 Å². The monoisotopic (exact) mass is 314 g/mol. The quantitative estimate of drug-likeness (QED) is 0.173. The van der Waals surface area contributed by atoms with Crippen LogP contribution in [0.5, 0.6) is 0 Å². The lowest BCUT2D eigenvalue weighted by Gasteiger charge is -2.18. The predicted octanol–water partition coefficient (Wildman–Crippen LogP) is 0.393. The number of hydrogen-bond acceptors (Lipinski definition) is 5. The summed E-state index contributed by atoms with van der Waals surface area (Å²) in [5.74, 6) is 0.144. The Morgan fingerprint density at radius 3 is 2.57 bits per heavy atom. The molecule has 1 aromatic rings. The smallest absolute Gasteiger partial charge is 0.208 e. The van der Waals surface area contributed by atoms with Crippen molar-refractivity contribution in [3.8, 4) is 0 Å². The van der Waals surface area contributed by atoms with Gasteiger partial charge in [0.15, 0.2) is 0 Å². The van der Waals surface area contributed by atoms with Crippen LogP contribution < -0.4 is 15.8 Å². The van der Waals surface area contributed by atoms with Gasteiger partial charge in [-0.15, -0.1) is 0 Å². The van der Waals surface area contributed by atoms with Crippen LogP contribution in [0.4, 0.5) is 0 Å². The molecule has 1 atom stereocenters. The van der Waals surface area contributed by atoms with Crippen LogP contribution in [0, 0.1) is 0 Å². The molecular formula is C13H22N4O3S. The van der Waals surface area contributed by atoms with Crippen molar-refractivity contribution in [3.63, 3.8) is 0 Å². The Morgan fingerprint density at radius 1 is 1.33 bits per heavy atom. The van der Waals surface area contributed by atoms with Crippen LogP contribution in [-0.4, -0.2) is 38.8 Å². The van der Waals surface area contributed by atoms with E-state index >= 15 is 0 Å². The largest absolute Gasteiger partial charge is 0.409 e. The van der Waals surface area contributed by atoms with Gasteiger partial charge < -0.3 is 16.3 Å². The minimum absolute atomic E-state index is 0.0830. The summed E-state index contributed by atoms with van der Waals surface area (Å²) in [5, 5.41) is 15.0. The number of amidine groups is 1. The molecule has 118 valence electrons. The summed E-state index contributed by atoms with van der Waals surface area (Å²) < 4.78 is 24.3. The summed E-state index contributed by atoms with van der Waals surface area (Å²) >= 11 is 0. The fourth-order valence-electron chi connectivity index (χ4n) is 1.87. The first-order valence-corrected chi connectivity index (χ1v) is 8.51. The normalized spacial score (nSPS) is 14.0. The first-order chi connectivity index (χ1) is 9.92. The van der Waals surface area contributed by atoms with Crippen LogP contribution in [0.1, 0.15) is 24.4 Å². The highest BCUT2D eigenvalue weighted by molar-refractivity contribution is 7.88. The zero-order valence-electron chi connectivity index (χ0n) is 12.0. The highest BCUT2D eigenvalue weighted by atomic mass is 32.2. The van der Waals surface area contributed by atoms with Gasteiger partial charge in [-0.2, -0.15) is 0 Å². The summed E-state index contributed by atoms with van der Waals surface area (Å²) in [5.41, 5.74) is 6.59. The Bertz CT molecular complexity index is 546. The van der Waals surface area contributed by atoms with Crippen molar-refractivity contribution in [2.45, 2.75) is 18.9 Å². The van der Waals surface area contributed by atoms with Crippen molar-refractivity contribution >= 4 is 15.9 Å². The fraction of sp³-hybridized carbons (Fsp3) is 0.462. The molecule has 0 aromatic heterocycles. The molecule has 0 saturated carbocycles. The second kappa shape index (κ2) is 8.60. The van der Waals surface area contributed by atoms with E-state index in [1.807, 2.05) is 30.3 Å². The molecule has 0 fully saturated rings. The Morgan fingerprint density at radius 2 is 2.00 bits per heavy atom. The predicted molar refractivity (Wildman–Crippen MR) is 82.7 cm³/mol. The topological polar surface area (TPSA) is 117 Å². The molecule has 0 heterocycles. The summed E-state index contributed by atoms with van der Waals surface area (Å²) in [6, 6.07) is 9.58. The Labute approximate surface area is 125 Å². The first-order valence-electron chi connectivity index (χ1n) is 6.61. The van der Waals surface area contributed by atoms with Crippen molar-refractivity contribution in [2.24, 2.45) is 10.9 Å². The maximum Gasteiger partial charge on any atom is 0.208 e. The van der Waals surface area contributed by atoms with Crippen molar-refractivity contribution < 1.29 is 13.6 Å². The number of sulfonamides is 1. The van der Waals surface area contributed by atoms with Crippen LogP contribution in [-0.2, 0) is 10.0 Å². The van der Waals surface area contributed by atoms with Gasteiger partial charge >= 0.3 is 0 Å². The molecule has 0 radical (unpaired) electrons. The number of hydrogen-bond donors (Lipinski definition) is 4. The maximum absolute atomic E-state index is 10.9. The molecule has 0 amide bonds. The number of rotatable bonds is 9. The molecule has 1 unspecified atom stereocenters. The van der Waals surface area contributed by atoms with E-state index in [1.54, 1.807) is 0 Å². The molecule has 8 heteroatoms. The van der Waals surface area contributed by atoms with Gasteiger partial charge in [0.2, 0.25) is 10.0 Å². The lowest BCUT2D eigenvalue weighted by Crippen LogP contribution is -2.30. The molecule has 5 N–H and O–H groups in total. The Hall–Kier alpha value is -1.64. The van der Waals surface area contributed by atoms with Crippen LogP contribution in [0.25, 0.3) is 0 Å². The Balaban J connectivity index is 2.51. The number of nitrogens with zero attached hydrogens (tertiary/aromatic N) is 1. The average molecular weight is 314 g/mol. The standard InChI is InChI=1S/C13H22N4O3S/c1-21(19,20)16-9-5-8-15-12(10-13(14)17-18)11-6-3-2-4-7-11/h2-4,6-7,12,15-16,18H,5,8-10H2,1H3,(H2,14,17). The van der Waals surface area contributed by atoms with E-state index in [0.29, 0.717) is 25.9 Å². The van der Waals surface area contributed by atoms with Crippen molar-refractivity contribution in [1.29, 1.82) is 0 Å². The molecule has 21 heavy (non-hydrogen) atoms. The number of nitrogens with one attached hydrogen (secondary N) is 2. The zero-order valence-corrected chi connectivity index (χ0v) is 12.8. The van der Waals surface area contributed by atoms with E-state index in [2.05, 4.69) is 15.2 Å². The molecule has 0 saturated heterocycles. The third-order valence-corrected chi connectivity index (χ3v) is 3.58. The third-order valence-electron chi connectivity index (χ3n) is 2.85. The van der Waals surface area contributed by atoms with E-state index in [1.165, 1.54) is 0 Å². The van der Waals surface area contributed by atoms with Gasteiger partial charge in [-0.1, -0.05) is 35.5 Å². The van der Waals surface area contributed by atoms with E-state index in [9.17, 15) is 8.42 Å². The van der Waals surface area contributed by atoms with Crippen molar-refractivity contribution in [3.05, 3.63) is 35.9 Å². The minimum Gasteiger partial charge on any atom is -0.409 e. The van der Waals surface area contributed by atoms with E-state index in [4.69, 9.17) is 10.9 Å². The summed E-state index contributed by atoms with van der Waals surface area (Å²) in [4.78, 5) is 0. The number of nitrogens with two attached hydrogens (primary N) is 1. The average Bonchev–Trinajstić information content (AvgIpc) is 2.45. The van der Waals surface area contributed by atoms with Crippen LogP contribution >= 0.6 is 0 Å². The van der Waals surface area contributed by atoms with Gasteiger partial charge in [-0.25, -0.2) is 13.1 Å². The second-order valence-electron chi connectivity index (χ2n) is 4.73. The number of benzene rings is 1. The molecule has 1 rings (SSSR count). The van der Waals surface area contributed by atoms with E-state index < -0.39 is 10.0 Å². The summed E-state index contributed by atoms with van der Waals surface area (Å²) in [6.07, 6.45) is 2.15. The lowest BCUT2D eigenvalue weighted by molar-refractivity contribution is 0.315. The van der Waals surface area contributed by atoms with Gasteiger partial charge in [0.1, 0.15) is 5.84 Å². The molecule has 0 spiro atoms. The molecule has 0 bridgehead atoms. The third kappa shape index (κ3) is 7.64. The van der Waals surface area contributed by atoms with E-state index in [0.717, 1.165) is 11.8 Å². The summed E-state index contributed by atoms with van der Waals surface area (Å²) in [6.45, 7) is 0.984. The number of oxime groups is 1. The molecule has 1 aromatic carbocycles. The van der Waals surface area contributed by atoms with Crippen LogP contribution in [0.15, 0.2) is 35.5 Å². The summed E-state index contributed by atoms with van der Waals surface area (Å²) in [7, 11) is -3.15. The van der Waals surface area contributed by atoms with Gasteiger partial charge in [0, 0.05) is 19.0 Å². The van der Waals surface area contributed by atoms with Crippen molar-refractivity contribution in [1.82, 2.24) is 10.0 Å². The second-order valence-corrected chi connectivity index (χ2v) is 6.57. The highest BCUT2D eigenvalue weighted by Crippen LogP contribution is 2.16. The Kier molecular flexibility index (Phi) is 7.13. The van der Waals surface area contributed by atoms with Gasteiger partial charge in [-0.3, -0.25) is 0 Å². The maximum atomic E-state index is 10.9. The van der Waals surface area contributed by atoms with Crippen LogP contribution in [0.2, 0.25) is 0 Å². The first kappa shape index (κ1) is 17.4. The van der Waals surface area contributed by atoms with Gasteiger partial charge in [0.25, 0.3) is 0 Å². The lowest BCUT2D eigenvalue weighted by atomic mass is 10.0.